The quantitative estimate of drug-likeness (QED) is 0.867. The molecule has 0 aliphatic carbocycles. The van der Waals surface area contributed by atoms with Crippen LogP contribution < -0.4 is 19.7 Å². The van der Waals surface area contributed by atoms with Gasteiger partial charge in [0.05, 0.1) is 0 Å². The molecule has 144 valence electrons. The highest BCUT2D eigenvalue weighted by Crippen LogP contribution is 2.35. The lowest BCUT2D eigenvalue weighted by molar-refractivity contribution is -0.121. The molecule has 0 bridgehead atoms. The van der Waals surface area contributed by atoms with Crippen LogP contribution in [0.1, 0.15) is 41.5 Å². The van der Waals surface area contributed by atoms with Crippen LogP contribution in [0.25, 0.3) is 0 Å². The van der Waals surface area contributed by atoms with Gasteiger partial charge in [0, 0.05) is 18.3 Å². The van der Waals surface area contributed by atoms with Gasteiger partial charge >= 0.3 is 6.09 Å². The summed E-state index contributed by atoms with van der Waals surface area (Å²) in [7, 11) is 0. The molecule has 0 saturated carbocycles. The second-order valence-electron chi connectivity index (χ2n) is 7.49. The monoisotopic (exact) mass is 364 g/mol. The maximum Gasteiger partial charge on any atom is 0.408 e. The SMILES string of the molecule is CCN(C(=O)C(NC(=O)OC(C)(C)C)C(C)C)c1ccc2c(c1)OCO2. The zero-order valence-corrected chi connectivity index (χ0v) is 16.3. The van der Waals surface area contributed by atoms with Gasteiger partial charge in [0.2, 0.25) is 12.7 Å². The van der Waals surface area contributed by atoms with Crippen molar-refractivity contribution in [1.82, 2.24) is 5.32 Å². The molecule has 7 heteroatoms. The van der Waals surface area contributed by atoms with Crippen molar-refractivity contribution in [3.63, 3.8) is 0 Å². The van der Waals surface area contributed by atoms with Gasteiger partial charge in [-0.1, -0.05) is 13.8 Å². The van der Waals surface area contributed by atoms with Gasteiger partial charge in [-0.05, 0) is 45.7 Å². The Kier molecular flexibility index (Phi) is 6.00. The van der Waals surface area contributed by atoms with Crippen LogP contribution in [0.2, 0.25) is 0 Å². The van der Waals surface area contributed by atoms with E-state index < -0.39 is 17.7 Å². The number of ether oxygens (including phenoxy) is 3. The third-order valence-corrected chi connectivity index (χ3v) is 3.86. The van der Waals surface area contributed by atoms with Crippen molar-refractivity contribution in [2.45, 2.75) is 53.2 Å². The number of hydrogen-bond acceptors (Lipinski definition) is 5. The fraction of sp³-hybridized carbons (Fsp3) is 0.579. The number of alkyl carbamates (subject to hydrolysis) is 1. The van der Waals surface area contributed by atoms with Gasteiger partial charge in [0.15, 0.2) is 11.5 Å². The molecule has 1 atom stereocenters. The highest BCUT2D eigenvalue weighted by atomic mass is 16.7. The smallest absolute Gasteiger partial charge is 0.408 e. The molecule has 1 aromatic rings. The summed E-state index contributed by atoms with van der Waals surface area (Å²) < 4.78 is 16.0. The molecule has 2 rings (SSSR count). The molecule has 0 aromatic heterocycles. The molecule has 1 unspecified atom stereocenters. The van der Waals surface area contributed by atoms with Crippen LogP contribution in [-0.4, -0.2) is 37.0 Å². The molecular weight excluding hydrogens is 336 g/mol. The number of rotatable bonds is 5. The Hall–Kier alpha value is -2.44. The van der Waals surface area contributed by atoms with Gasteiger partial charge in [0.1, 0.15) is 11.6 Å². The third-order valence-electron chi connectivity index (χ3n) is 3.86. The minimum absolute atomic E-state index is 0.0990. The van der Waals surface area contributed by atoms with Gasteiger partial charge in [-0.2, -0.15) is 0 Å². The topological polar surface area (TPSA) is 77.1 Å². The third kappa shape index (κ3) is 4.80. The molecule has 1 aliphatic rings. The minimum atomic E-state index is -0.699. The lowest BCUT2D eigenvalue weighted by Gasteiger charge is -2.30. The Balaban J connectivity index is 2.18. The van der Waals surface area contributed by atoms with Crippen molar-refractivity contribution in [1.29, 1.82) is 0 Å². The van der Waals surface area contributed by atoms with Gasteiger partial charge in [-0.25, -0.2) is 4.79 Å². The number of hydrogen-bond donors (Lipinski definition) is 1. The largest absolute Gasteiger partial charge is 0.454 e. The van der Waals surface area contributed by atoms with Gasteiger partial charge in [-0.15, -0.1) is 0 Å². The van der Waals surface area contributed by atoms with E-state index in [2.05, 4.69) is 5.32 Å². The highest BCUT2D eigenvalue weighted by molar-refractivity contribution is 5.99. The van der Waals surface area contributed by atoms with Gasteiger partial charge < -0.3 is 24.4 Å². The summed E-state index contributed by atoms with van der Waals surface area (Å²) in [5.74, 6) is 0.963. The number of benzene rings is 1. The van der Waals surface area contributed by atoms with Crippen LogP contribution in [0.5, 0.6) is 11.5 Å². The van der Waals surface area contributed by atoms with E-state index in [1.54, 1.807) is 43.9 Å². The Morgan fingerprint density at radius 1 is 1.23 bits per heavy atom. The van der Waals surface area contributed by atoms with Crippen LogP contribution in [0.15, 0.2) is 18.2 Å². The number of nitrogens with one attached hydrogen (secondary N) is 1. The second kappa shape index (κ2) is 7.85. The first-order chi connectivity index (χ1) is 12.1. The summed E-state index contributed by atoms with van der Waals surface area (Å²) in [4.78, 5) is 26.9. The average molecular weight is 364 g/mol. The minimum Gasteiger partial charge on any atom is -0.454 e. The molecule has 0 saturated heterocycles. The highest BCUT2D eigenvalue weighted by Gasteiger charge is 2.31. The lowest BCUT2D eigenvalue weighted by Crippen LogP contribution is -2.52. The number of fused-ring (bicyclic) bond motifs is 1. The maximum atomic E-state index is 13.1. The van der Waals surface area contributed by atoms with Crippen LogP contribution in [0.4, 0.5) is 10.5 Å². The Morgan fingerprint density at radius 2 is 1.88 bits per heavy atom. The normalized spacial score (nSPS) is 14.1. The molecule has 1 aliphatic heterocycles. The van der Waals surface area contributed by atoms with Crippen LogP contribution in [0.3, 0.4) is 0 Å². The molecule has 1 aromatic carbocycles. The number of amides is 2. The molecule has 2 amide bonds. The molecule has 26 heavy (non-hydrogen) atoms. The Labute approximate surface area is 154 Å². The van der Waals surface area contributed by atoms with Crippen LogP contribution in [-0.2, 0) is 9.53 Å². The van der Waals surface area contributed by atoms with E-state index in [1.807, 2.05) is 20.8 Å². The zero-order valence-electron chi connectivity index (χ0n) is 16.3. The number of likely N-dealkylation sites (N-methyl/N-ethyl adjacent to an activating group) is 1. The van der Waals surface area contributed by atoms with Gasteiger partial charge in [0.25, 0.3) is 0 Å². The first kappa shape index (κ1) is 19.9. The van der Waals surface area contributed by atoms with Crippen LogP contribution in [0, 0.1) is 5.92 Å². The molecule has 7 nitrogen and oxygen atoms in total. The summed E-state index contributed by atoms with van der Waals surface area (Å²) in [5.41, 5.74) is 0.0644. The van der Waals surface area contributed by atoms with E-state index >= 15 is 0 Å². The number of carbonyl (C=O) groups excluding carboxylic acids is 2. The number of nitrogens with zero attached hydrogens (tertiary/aromatic N) is 1. The first-order valence-electron chi connectivity index (χ1n) is 8.83. The van der Waals surface area contributed by atoms with Crippen molar-refractivity contribution >= 4 is 17.7 Å². The lowest BCUT2D eigenvalue weighted by atomic mass is 10.0. The van der Waals surface area contributed by atoms with Crippen molar-refractivity contribution in [3.05, 3.63) is 18.2 Å². The predicted octanol–water partition coefficient (Wildman–Crippen LogP) is 3.32. The molecule has 0 radical (unpaired) electrons. The first-order valence-corrected chi connectivity index (χ1v) is 8.83. The summed E-state index contributed by atoms with van der Waals surface area (Å²) in [6, 6.07) is 4.66. The van der Waals surface area contributed by atoms with E-state index in [-0.39, 0.29) is 18.6 Å². The second-order valence-corrected chi connectivity index (χ2v) is 7.49. The van der Waals surface area contributed by atoms with Crippen molar-refractivity contribution in [3.8, 4) is 11.5 Å². The number of anilines is 1. The van der Waals surface area contributed by atoms with E-state index in [4.69, 9.17) is 14.2 Å². The Morgan fingerprint density at radius 3 is 2.46 bits per heavy atom. The predicted molar refractivity (Wildman–Crippen MR) is 98.6 cm³/mol. The number of carbonyl (C=O) groups is 2. The fourth-order valence-electron chi connectivity index (χ4n) is 2.63. The molecule has 1 N–H and O–H groups in total. The summed E-state index contributed by atoms with van der Waals surface area (Å²) in [6.45, 7) is 11.6. The fourth-order valence-corrected chi connectivity index (χ4v) is 2.63. The summed E-state index contributed by atoms with van der Waals surface area (Å²) in [5, 5.41) is 2.70. The van der Waals surface area contributed by atoms with Crippen molar-refractivity contribution in [2.24, 2.45) is 5.92 Å². The van der Waals surface area contributed by atoms with Gasteiger partial charge in [-0.3, -0.25) is 4.79 Å². The molecular formula is C19H28N2O5. The van der Waals surface area contributed by atoms with Crippen molar-refractivity contribution < 1.29 is 23.8 Å². The van der Waals surface area contributed by atoms with Crippen molar-refractivity contribution in [2.75, 3.05) is 18.2 Å². The molecule has 0 spiro atoms. The summed E-state index contributed by atoms with van der Waals surface area (Å²) >= 11 is 0. The maximum absolute atomic E-state index is 13.1. The van der Waals surface area contributed by atoms with E-state index in [0.717, 1.165) is 0 Å². The molecule has 0 fully saturated rings. The zero-order chi connectivity index (χ0) is 19.5. The standard InChI is InChI=1S/C19H28N2O5/c1-7-21(13-8-9-14-15(10-13)25-11-24-14)17(22)16(12(2)3)20-18(23)26-19(4,5)6/h8-10,12,16H,7,11H2,1-6H3,(H,20,23). The van der Waals surface area contributed by atoms with E-state index in [1.165, 1.54) is 0 Å². The Bertz CT molecular complexity index is 666. The van der Waals surface area contributed by atoms with E-state index in [9.17, 15) is 9.59 Å². The summed E-state index contributed by atoms with van der Waals surface area (Å²) in [6.07, 6.45) is -0.605. The average Bonchev–Trinajstić information content (AvgIpc) is 2.99. The van der Waals surface area contributed by atoms with E-state index in [0.29, 0.717) is 23.7 Å². The molecule has 1 heterocycles. The van der Waals surface area contributed by atoms with Crippen LogP contribution >= 0.6 is 0 Å².